The summed E-state index contributed by atoms with van der Waals surface area (Å²) in [4.78, 5) is 0. The van der Waals surface area contributed by atoms with Crippen LogP contribution in [-0.2, 0) is 0 Å². The van der Waals surface area contributed by atoms with Crippen LogP contribution in [0.5, 0.6) is 0 Å². The Balaban J connectivity index is 2.19. The molecule has 0 aromatic heterocycles. The Kier molecular flexibility index (Phi) is 4.10. The zero-order valence-electron chi connectivity index (χ0n) is 9.75. The van der Waals surface area contributed by atoms with Gasteiger partial charge in [-0.15, -0.1) is 0 Å². The maximum atomic E-state index is 13.0. The van der Waals surface area contributed by atoms with Crippen molar-refractivity contribution in [1.29, 1.82) is 0 Å². The summed E-state index contributed by atoms with van der Waals surface area (Å²) in [6, 6.07) is 11.8. The molecular formula is C14H12Cl2FN. The third-order valence-electron chi connectivity index (χ3n) is 2.64. The molecule has 1 N–H and O–H groups in total. The van der Waals surface area contributed by atoms with E-state index in [1.807, 2.05) is 31.2 Å². The molecule has 18 heavy (non-hydrogen) atoms. The van der Waals surface area contributed by atoms with E-state index in [1.54, 1.807) is 6.07 Å². The maximum Gasteiger partial charge on any atom is 0.124 e. The van der Waals surface area contributed by atoms with Crippen LogP contribution in [0.25, 0.3) is 0 Å². The van der Waals surface area contributed by atoms with E-state index < -0.39 is 0 Å². The summed E-state index contributed by atoms with van der Waals surface area (Å²) in [5.74, 6) is -0.335. The summed E-state index contributed by atoms with van der Waals surface area (Å²) >= 11 is 11.9. The molecule has 94 valence electrons. The molecule has 1 unspecified atom stereocenters. The van der Waals surface area contributed by atoms with Crippen LogP contribution in [-0.4, -0.2) is 0 Å². The largest absolute Gasteiger partial charge is 0.378 e. The molecule has 1 nitrogen and oxygen atoms in total. The van der Waals surface area contributed by atoms with Gasteiger partial charge < -0.3 is 5.32 Å². The van der Waals surface area contributed by atoms with Gasteiger partial charge in [0, 0.05) is 21.8 Å². The lowest BCUT2D eigenvalue weighted by Gasteiger charge is -2.17. The fourth-order valence-electron chi connectivity index (χ4n) is 1.76. The first-order chi connectivity index (χ1) is 8.56. The molecule has 2 rings (SSSR count). The molecule has 2 aromatic carbocycles. The predicted octanol–water partition coefficient (Wildman–Crippen LogP) is 5.31. The van der Waals surface area contributed by atoms with Crippen LogP contribution in [0.3, 0.4) is 0 Å². The third-order valence-corrected chi connectivity index (χ3v) is 3.20. The second kappa shape index (κ2) is 5.59. The molecule has 0 saturated carbocycles. The molecule has 0 aliphatic carbocycles. The van der Waals surface area contributed by atoms with E-state index in [2.05, 4.69) is 5.32 Å². The van der Waals surface area contributed by atoms with Crippen LogP contribution >= 0.6 is 23.2 Å². The Morgan fingerprint density at radius 3 is 2.56 bits per heavy atom. The molecule has 0 amide bonds. The molecule has 0 heterocycles. The molecule has 0 aliphatic heterocycles. The van der Waals surface area contributed by atoms with Gasteiger partial charge in [-0.25, -0.2) is 4.39 Å². The quantitative estimate of drug-likeness (QED) is 0.805. The van der Waals surface area contributed by atoms with Gasteiger partial charge in [-0.3, -0.25) is 0 Å². The van der Waals surface area contributed by atoms with Gasteiger partial charge in [0.2, 0.25) is 0 Å². The van der Waals surface area contributed by atoms with Crippen molar-refractivity contribution >= 4 is 28.9 Å². The number of hydrogen-bond donors (Lipinski definition) is 1. The predicted molar refractivity (Wildman–Crippen MR) is 74.9 cm³/mol. The van der Waals surface area contributed by atoms with E-state index >= 15 is 0 Å². The number of anilines is 1. The first-order valence-electron chi connectivity index (χ1n) is 5.53. The molecule has 0 fully saturated rings. The fraction of sp³-hybridized carbons (Fsp3) is 0.143. The minimum absolute atomic E-state index is 0.0310. The summed E-state index contributed by atoms with van der Waals surface area (Å²) in [5.41, 5.74) is 1.74. The van der Waals surface area contributed by atoms with Crippen LogP contribution in [0, 0.1) is 5.82 Å². The highest BCUT2D eigenvalue weighted by molar-refractivity contribution is 6.31. The van der Waals surface area contributed by atoms with Crippen LogP contribution in [0.2, 0.25) is 10.0 Å². The van der Waals surface area contributed by atoms with Gasteiger partial charge in [-0.2, -0.15) is 0 Å². The van der Waals surface area contributed by atoms with Crippen molar-refractivity contribution in [3.63, 3.8) is 0 Å². The van der Waals surface area contributed by atoms with Crippen molar-refractivity contribution in [2.75, 3.05) is 5.32 Å². The topological polar surface area (TPSA) is 12.0 Å². The second-order valence-electron chi connectivity index (χ2n) is 4.04. The lowest BCUT2D eigenvalue weighted by atomic mass is 10.1. The van der Waals surface area contributed by atoms with Gasteiger partial charge in [-0.05, 0) is 42.8 Å². The molecule has 1 atom stereocenters. The number of nitrogens with one attached hydrogen (secondary N) is 1. The monoisotopic (exact) mass is 283 g/mol. The zero-order chi connectivity index (χ0) is 13.1. The van der Waals surface area contributed by atoms with Crippen molar-refractivity contribution in [2.24, 2.45) is 0 Å². The third kappa shape index (κ3) is 3.15. The molecule has 0 saturated heterocycles. The fourth-order valence-corrected chi connectivity index (χ4v) is 2.28. The smallest absolute Gasteiger partial charge is 0.124 e. The SMILES string of the molecule is CC(Nc1cccc(Cl)c1)c1ccc(F)cc1Cl. The average molecular weight is 284 g/mol. The molecule has 2 aromatic rings. The van der Waals surface area contributed by atoms with Crippen molar-refractivity contribution in [1.82, 2.24) is 0 Å². The molecule has 4 heteroatoms. The molecular weight excluding hydrogens is 272 g/mol. The van der Waals surface area contributed by atoms with Crippen molar-refractivity contribution in [2.45, 2.75) is 13.0 Å². The minimum Gasteiger partial charge on any atom is -0.378 e. The number of halogens is 3. The summed E-state index contributed by atoms with van der Waals surface area (Å²) in [6.45, 7) is 1.96. The first kappa shape index (κ1) is 13.2. The van der Waals surface area contributed by atoms with Gasteiger partial charge in [0.1, 0.15) is 5.82 Å². The van der Waals surface area contributed by atoms with Gasteiger partial charge in [0.05, 0.1) is 0 Å². The number of rotatable bonds is 3. The molecule has 0 aliphatic rings. The normalized spacial score (nSPS) is 12.2. The number of benzene rings is 2. The summed E-state index contributed by atoms with van der Waals surface area (Å²) in [6.07, 6.45) is 0. The highest BCUT2D eigenvalue weighted by Gasteiger charge is 2.10. The van der Waals surface area contributed by atoms with E-state index in [9.17, 15) is 4.39 Å². The summed E-state index contributed by atoms with van der Waals surface area (Å²) in [5, 5.41) is 4.35. The van der Waals surface area contributed by atoms with Crippen LogP contribution in [0.1, 0.15) is 18.5 Å². The van der Waals surface area contributed by atoms with E-state index in [0.717, 1.165) is 11.3 Å². The maximum absolute atomic E-state index is 13.0. The number of hydrogen-bond acceptors (Lipinski definition) is 1. The van der Waals surface area contributed by atoms with E-state index in [0.29, 0.717) is 10.0 Å². The summed E-state index contributed by atoms with van der Waals surface area (Å²) < 4.78 is 13.0. The lowest BCUT2D eigenvalue weighted by molar-refractivity contribution is 0.626. The van der Waals surface area contributed by atoms with Gasteiger partial charge >= 0.3 is 0 Å². The highest BCUT2D eigenvalue weighted by Crippen LogP contribution is 2.27. The Bertz CT molecular complexity index is 557. The van der Waals surface area contributed by atoms with E-state index in [4.69, 9.17) is 23.2 Å². The van der Waals surface area contributed by atoms with Crippen LogP contribution < -0.4 is 5.32 Å². The van der Waals surface area contributed by atoms with Crippen molar-refractivity contribution < 1.29 is 4.39 Å². The van der Waals surface area contributed by atoms with Gasteiger partial charge in [0.15, 0.2) is 0 Å². The van der Waals surface area contributed by atoms with E-state index in [1.165, 1.54) is 12.1 Å². The second-order valence-corrected chi connectivity index (χ2v) is 4.89. The zero-order valence-corrected chi connectivity index (χ0v) is 11.3. The van der Waals surface area contributed by atoms with Crippen molar-refractivity contribution in [3.8, 4) is 0 Å². The Labute approximate surface area is 116 Å². The highest BCUT2D eigenvalue weighted by atomic mass is 35.5. The molecule has 0 bridgehead atoms. The van der Waals surface area contributed by atoms with Crippen LogP contribution in [0.15, 0.2) is 42.5 Å². The summed E-state index contributed by atoms with van der Waals surface area (Å²) in [7, 11) is 0. The molecule has 0 radical (unpaired) electrons. The van der Waals surface area contributed by atoms with Crippen LogP contribution in [0.4, 0.5) is 10.1 Å². The Hall–Kier alpha value is -1.25. The average Bonchev–Trinajstić information content (AvgIpc) is 2.28. The molecule has 0 spiro atoms. The standard InChI is InChI=1S/C14H12Cl2FN/c1-9(13-6-5-11(17)8-14(13)16)18-12-4-2-3-10(15)7-12/h2-9,18H,1H3. The first-order valence-corrected chi connectivity index (χ1v) is 6.29. The Morgan fingerprint density at radius 2 is 1.89 bits per heavy atom. The van der Waals surface area contributed by atoms with Crippen molar-refractivity contribution in [3.05, 3.63) is 63.9 Å². The van der Waals surface area contributed by atoms with E-state index in [-0.39, 0.29) is 11.9 Å². The van der Waals surface area contributed by atoms with Gasteiger partial charge in [-0.1, -0.05) is 35.3 Å². The lowest BCUT2D eigenvalue weighted by Crippen LogP contribution is -2.07. The van der Waals surface area contributed by atoms with Gasteiger partial charge in [0.25, 0.3) is 0 Å². The minimum atomic E-state index is -0.335. The Morgan fingerprint density at radius 1 is 1.11 bits per heavy atom.